The molecule has 3 N–H and O–H groups in total. The minimum Gasteiger partial charge on any atom is -0.382 e. The number of carbonyl (C=O) groups is 1. The van der Waals surface area contributed by atoms with Crippen LogP contribution in [0.2, 0.25) is 0 Å². The van der Waals surface area contributed by atoms with Gasteiger partial charge in [-0.05, 0) is 43.9 Å². The molecule has 15 heteroatoms. The molecule has 0 unspecified atom stereocenters. The average molecular weight is 606 g/mol. The van der Waals surface area contributed by atoms with Gasteiger partial charge in [0.25, 0.3) is 5.91 Å². The van der Waals surface area contributed by atoms with Gasteiger partial charge in [-0.15, -0.1) is 10.2 Å². The number of hydrogen-bond donors (Lipinski definition) is 2. The van der Waals surface area contributed by atoms with Crippen LogP contribution in [0.15, 0.2) is 53.9 Å². The Kier molecular flexibility index (Phi) is 6.23. The Hall–Kier alpha value is -4.79. The summed E-state index contributed by atoms with van der Waals surface area (Å²) in [5.41, 5.74) is 8.76. The molecule has 1 amide bonds. The number of aromatic nitrogens is 7. The fourth-order valence-corrected chi connectivity index (χ4v) is 7.51. The highest BCUT2D eigenvalue weighted by atomic mass is 32.2. The summed E-state index contributed by atoms with van der Waals surface area (Å²) >= 11 is 0. The maximum absolute atomic E-state index is 14.3. The summed E-state index contributed by atoms with van der Waals surface area (Å²) in [6.07, 6.45) is 8.05. The number of sulfone groups is 1. The number of nitrogens with one attached hydrogen (secondary N) is 1. The molecule has 220 valence electrons. The van der Waals surface area contributed by atoms with Crippen LogP contribution in [-0.2, 0) is 9.84 Å². The Bertz CT molecular complexity index is 1980. The second kappa shape index (κ2) is 9.90. The predicted octanol–water partition coefficient (Wildman–Crippen LogP) is 3.39. The lowest BCUT2D eigenvalue weighted by Gasteiger charge is -2.38. The number of fused-ring (bicyclic) bond motifs is 3. The molecule has 7 rings (SSSR count). The number of anilines is 1. The number of hydrogen-bond acceptors (Lipinski definition) is 9. The van der Waals surface area contributed by atoms with Gasteiger partial charge in [-0.3, -0.25) is 9.78 Å². The van der Waals surface area contributed by atoms with E-state index in [2.05, 4.69) is 25.3 Å². The summed E-state index contributed by atoms with van der Waals surface area (Å²) in [6, 6.07) is 6.34. The second-order valence-electron chi connectivity index (χ2n) is 10.9. The topological polar surface area (TPSA) is 165 Å². The molecular formula is C28H25F2N9O3S. The summed E-state index contributed by atoms with van der Waals surface area (Å²) in [7, 11) is -3.81. The molecule has 2 fully saturated rings. The first-order valence-corrected chi connectivity index (χ1v) is 15.5. The van der Waals surface area contributed by atoms with Crippen LogP contribution >= 0.6 is 0 Å². The quantitative estimate of drug-likeness (QED) is 0.305. The fraction of sp³-hybridized carbons (Fsp3) is 0.286. The second-order valence-corrected chi connectivity index (χ2v) is 12.9. The number of pyridine rings is 1. The van der Waals surface area contributed by atoms with E-state index >= 15 is 0 Å². The van der Waals surface area contributed by atoms with Crippen LogP contribution in [0.3, 0.4) is 0 Å². The van der Waals surface area contributed by atoms with Gasteiger partial charge in [0.2, 0.25) is 5.82 Å². The number of nitrogen functional groups attached to an aromatic ring is 1. The third-order valence-electron chi connectivity index (χ3n) is 8.29. The highest BCUT2D eigenvalue weighted by Gasteiger charge is 2.46. The maximum Gasteiger partial charge on any atom is 0.292 e. The lowest BCUT2D eigenvalue weighted by atomic mass is 9.87. The number of H-pyrrole nitrogens is 1. The van der Waals surface area contributed by atoms with E-state index in [1.54, 1.807) is 12.1 Å². The summed E-state index contributed by atoms with van der Waals surface area (Å²) < 4.78 is 55.1. The van der Waals surface area contributed by atoms with Gasteiger partial charge in [0.15, 0.2) is 15.5 Å². The smallest absolute Gasteiger partial charge is 0.292 e. The fourth-order valence-electron chi connectivity index (χ4n) is 6.45. The third kappa shape index (κ3) is 4.50. The molecule has 12 nitrogen and oxygen atoms in total. The molecule has 0 aliphatic carbocycles. The Balaban J connectivity index is 1.28. The van der Waals surface area contributed by atoms with Gasteiger partial charge in [0.05, 0.1) is 17.6 Å². The zero-order valence-electron chi connectivity index (χ0n) is 22.8. The lowest BCUT2D eigenvalue weighted by molar-refractivity contribution is 0.0556. The molecule has 0 spiro atoms. The molecule has 3 atom stereocenters. The highest BCUT2D eigenvalue weighted by Crippen LogP contribution is 2.45. The van der Waals surface area contributed by atoms with Gasteiger partial charge in [-0.25, -0.2) is 22.2 Å². The van der Waals surface area contributed by atoms with Gasteiger partial charge in [-0.2, -0.15) is 9.61 Å². The summed E-state index contributed by atoms with van der Waals surface area (Å²) in [5, 5.41) is 11.9. The van der Waals surface area contributed by atoms with E-state index in [4.69, 9.17) is 10.7 Å². The van der Waals surface area contributed by atoms with E-state index in [-0.39, 0.29) is 46.0 Å². The number of rotatable bonds is 5. The number of nitrogens with zero attached hydrogens (tertiary/aromatic N) is 7. The van der Waals surface area contributed by atoms with Crippen LogP contribution in [-0.4, -0.2) is 72.3 Å². The minimum absolute atomic E-state index is 0.0563. The number of halogens is 2. The zero-order chi connectivity index (χ0) is 30.0. The van der Waals surface area contributed by atoms with E-state index in [0.29, 0.717) is 41.0 Å². The molecule has 2 aliphatic heterocycles. The molecule has 43 heavy (non-hydrogen) atoms. The van der Waals surface area contributed by atoms with E-state index in [1.807, 2.05) is 4.90 Å². The largest absolute Gasteiger partial charge is 0.382 e. The highest BCUT2D eigenvalue weighted by molar-refractivity contribution is 7.91. The van der Waals surface area contributed by atoms with Gasteiger partial charge in [-0.1, -0.05) is 6.07 Å². The molecule has 4 aromatic heterocycles. The first-order valence-electron chi connectivity index (χ1n) is 13.6. The van der Waals surface area contributed by atoms with E-state index in [1.165, 1.54) is 29.3 Å². The van der Waals surface area contributed by atoms with Gasteiger partial charge in [0, 0.05) is 53.2 Å². The van der Waals surface area contributed by atoms with Crippen molar-refractivity contribution >= 4 is 27.2 Å². The average Bonchev–Trinajstić information content (AvgIpc) is 3.71. The van der Waals surface area contributed by atoms with Crippen molar-refractivity contribution in [1.82, 2.24) is 39.7 Å². The van der Waals surface area contributed by atoms with Crippen molar-refractivity contribution < 1.29 is 22.0 Å². The van der Waals surface area contributed by atoms with Gasteiger partial charge >= 0.3 is 0 Å². The van der Waals surface area contributed by atoms with E-state index in [0.717, 1.165) is 31.2 Å². The molecule has 0 radical (unpaired) electrons. The van der Waals surface area contributed by atoms with Crippen LogP contribution in [0, 0.1) is 11.6 Å². The van der Waals surface area contributed by atoms with Crippen molar-refractivity contribution in [3.63, 3.8) is 0 Å². The summed E-state index contributed by atoms with van der Waals surface area (Å²) in [4.78, 5) is 26.9. The first-order chi connectivity index (χ1) is 20.6. The van der Waals surface area contributed by atoms with Crippen LogP contribution in [0.4, 0.5) is 14.6 Å². The van der Waals surface area contributed by atoms with Crippen LogP contribution < -0.4 is 5.73 Å². The molecule has 2 aliphatic rings. The van der Waals surface area contributed by atoms with Crippen molar-refractivity contribution in [2.45, 2.75) is 48.6 Å². The maximum atomic E-state index is 14.3. The Morgan fingerprint density at radius 1 is 1.07 bits per heavy atom. The SMILES string of the molecule is CS(=O)(=O)c1c([C@H]2C[C@H]3CC[C@@H](C2)N3C(=O)c2nnc[nH]2)nc2c(-c3ccc(-c4ccc(F)cc4F)nc3)cnn2c1N. The van der Waals surface area contributed by atoms with Crippen molar-refractivity contribution in [3.8, 4) is 22.4 Å². The first kappa shape index (κ1) is 27.1. The van der Waals surface area contributed by atoms with Gasteiger partial charge < -0.3 is 15.6 Å². The number of piperidine rings is 1. The third-order valence-corrected chi connectivity index (χ3v) is 9.45. The number of benzene rings is 1. The molecule has 2 bridgehead atoms. The molecule has 1 aromatic carbocycles. The van der Waals surface area contributed by atoms with Gasteiger partial charge in [0.1, 0.15) is 28.7 Å². The number of aromatic amines is 1. The van der Waals surface area contributed by atoms with Crippen LogP contribution in [0.1, 0.15) is 47.9 Å². The minimum atomic E-state index is -3.81. The lowest BCUT2D eigenvalue weighted by Crippen LogP contribution is -2.46. The predicted molar refractivity (Wildman–Crippen MR) is 150 cm³/mol. The van der Waals surface area contributed by atoms with Crippen LogP contribution in [0.25, 0.3) is 28.0 Å². The number of nitrogens with two attached hydrogens (primary N) is 1. The zero-order valence-corrected chi connectivity index (χ0v) is 23.6. The van der Waals surface area contributed by atoms with Crippen molar-refractivity contribution in [1.29, 1.82) is 0 Å². The summed E-state index contributed by atoms with van der Waals surface area (Å²) in [6.45, 7) is 0. The molecule has 0 saturated carbocycles. The molecular weight excluding hydrogens is 580 g/mol. The Morgan fingerprint density at radius 2 is 1.84 bits per heavy atom. The van der Waals surface area contributed by atoms with Crippen molar-refractivity contribution in [2.24, 2.45) is 0 Å². The number of amides is 1. The Labute approximate surface area is 243 Å². The molecule has 2 saturated heterocycles. The van der Waals surface area contributed by atoms with Crippen LogP contribution in [0.5, 0.6) is 0 Å². The van der Waals surface area contributed by atoms with Crippen molar-refractivity contribution in [2.75, 3.05) is 12.0 Å². The Morgan fingerprint density at radius 3 is 2.47 bits per heavy atom. The van der Waals surface area contributed by atoms with Crippen molar-refractivity contribution in [3.05, 3.63) is 72.2 Å². The summed E-state index contributed by atoms with van der Waals surface area (Å²) in [5.74, 6) is -1.81. The standard InChI is InChI=1S/C28H25F2N9O3S/c1-43(41,42)24-23(15-8-17-4-5-18(9-15)38(17)28(40)26-33-13-34-37-26)36-27-20(12-35-39(27)25(24)31)14-2-7-22(32-11-14)19-6-3-16(29)10-21(19)30/h2-3,6-7,10-13,15,17-18H,4-5,8-9,31H2,1H3,(H,33,34,37)/t15-,17+,18-. The van der Waals surface area contributed by atoms with E-state index < -0.39 is 21.5 Å². The van der Waals surface area contributed by atoms with E-state index in [9.17, 15) is 22.0 Å². The molecule has 6 heterocycles. The monoisotopic (exact) mass is 605 g/mol. The molecule has 5 aromatic rings. The number of carbonyl (C=O) groups excluding carboxylic acids is 1. The normalized spacial score (nSPS) is 20.2.